The summed E-state index contributed by atoms with van der Waals surface area (Å²) in [5.74, 6) is 1.77. The molecule has 3 heteroatoms. The second-order valence-corrected chi connectivity index (χ2v) is 7.65. The first-order valence-corrected chi connectivity index (χ1v) is 8.57. The topological polar surface area (TPSA) is 24.9 Å². The van der Waals surface area contributed by atoms with E-state index in [2.05, 4.69) is 49.3 Å². The van der Waals surface area contributed by atoms with Gasteiger partial charge in [-0.25, -0.2) is 4.98 Å². The number of nitrogens with zero attached hydrogens (tertiary/aromatic N) is 1. The molecule has 0 atom stereocenters. The van der Waals surface area contributed by atoms with Crippen molar-refractivity contribution in [2.45, 2.75) is 52.5 Å². The zero-order valence-corrected chi connectivity index (χ0v) is 13.5. The molecule has 108 valence electrons. The summed E-state index contributed by atoms with van der Waals surface area (Å²) in [7, 11) is 0. The minimum absolute atomic E-state index is 0.650. The second kappa shape index (κ2) is 5.72. The van der Waals surface area contributed by atoms with E-state index in [1.54, 1.807) is 11.3 Å². The number of fused-ring (bicyclic) bond motifs is 1. The molecule has 0 radical (unpaired) electrons. The number of aryl methyl sites for hydroxylation is 1. The van der Waals surface area contributed by atoms with Gasteiger partial charge in [-0.15, -0.1) is 11.3 Å². The van der Waals surface area contributed by atoms with E-state index >= 15 is 0 Å². The van der Waals surface area contributed by atoms with Crippen LogP contribution in [0.25, 0.3) is 10.2 Å². The first kappa shape index (κ1) is 13.9. The number of anilines is 1. The normalized spacial score (nSPS) is 23.4. The lowest BCUT2D eigenvalue weighted by Gasteiger charge is -2.31. The van der Waals surface area contributed by atoms with E-state index in [4.69, 9.17) is 0 Å². The molecule has 0 aliphatic heterocycles. The molecule has 1 aromatic heterocycles. The van der Waals surface area contributed by atoms with Gasteiger partial charge in [-0.3, -0.25) is 0 Å². The highest BCUT2D eigenvalue weighted by Crippen LogP contribution is 2.32. The highest BCUT2D eigenvalue weighted by atomic mass is 32.1. The summed E-state index contributed by atoms with van der Waals surface area (Å²) in [6.07, 6.45) is 5.36. The van der Waals surface area contributed by atoms with E-state index in [0.717, 1.165) is 22.4 Å². The Balaban J connectivity index is 1.65. The van der Waals surface area contributed by atoms with Crippen LogP contribution in [-0.4, -0.2) is 11.0 Å². The predicted molar refractivity (Wildman–Crippen MR) is 88.6 cm³/mol. The van der Waals surface area contributed by atoms with E-state index < -0.39 is 0 Å². The Morgan fingerprint density at radius 2 is 1.95 bits per heavy atom. The van der Waals surface area contributed by atoms with Crippen molar-refractivity contribution >= 4 is 27.2 Å². The van der Waals surface area contributed by atoms with Crippen molar-refractivity contribution in [3.63, 3.8) is 0 Å². The largest absolute Gasteiger partial charge is 0.382 e. The van der Waals surface area contributed by atoms with E-state index in [0.29, 0.717) is 6.04 Å². The van der Waals surface area contributed by atoms with Crippen LogP contribution >= 0.6 is 11.3 Å². The Morgan fingerprint density at radius 1 is 1.20 bits per heavy atom. The average molecular weight is 288 g/mol. The quantitative estimate of drug-likeness (QED) is 0.836. The number of aromatic nitrogens is 1. The van der Waals surface area contributed by atoms with E-state index in [1.807, 2.05) is 0 Å². The standard InChI is InChI=1S/C17H24N2S/c1-11(2)13-4-6-14(7-5-13)19-15-8-9-16-17(10-15)20-12(3)18-16/h8-11,13-14,19H,4-7H2,1-3H3. The van der Waals surface area contributed by atoms with Crippen LogP contribution in [0.2, 0.25) is 0 Å². The van der Waals surface area contributed by atoms with Crippen LogP contribution in [-0.2, 0) is 0 Å². The SMILES string of the molecule is Cc1nc2ccc(NC3CCC(C(C)C)CC3)cc2s1. The predicted octanol–water partition coefficient (Wildman–Crippen LogP) is 5.23. The summed E-state index contributed by atoms with van der Waals surface area (Å²) < 4.78 is 1.29. The molecule has 0 unspecified atom stereocenters. The third-order valence-electron chi connectivity index (χ3n) is 4.58. The molecule has 1 fully saturated rings. The minimum Gasteiger partial charge on any atom is -0.382 e. The first-order chi connectivity index (χ1) is 9.61. The zero-order chi connectivity index (χ0) is 14.1. The highest BCUT2D eigenvalue weighted by molar-refractivity contribution is 7.18. The maximum Gasteiger partial charge on any atom is 0.0907 e. The highest BCUT2D eigenvalue weighted by Gasteiger charge is 2.23. The number of nitrogens with one attached hydrogen (secondary N) is 1. The monoisotopic (exact) mass is 288 g/mol. The first-order valence-electron chi connectivity index (χ1n) is 7.75. The van der Waals surface area contributed by atoms with Gasteiger partial charge < -0.3 is 5.32 Å². The summed E-state index contributed by atoms with van der Waals surface area (Å²) in [5.41, 5.74) is 2.38. The molecule has 2 nitrogen and oxygen atoms in total. The van der Waals surface area contributed by atoms with Crippen molar-refractivity contribution in [2.24, 2.45) is 11.8 Å². The fraction of sp³-hybridized carbons (Fsp3) is 0.588. The van der Waals surface area contributed by atoms with Crippen molar-refractivity contribution in [1.29, 1.82) is 0 Å². The summed E-state index contributed by atoms with van der Waals surface area (Å²) in [6.45, 7) is 6.79. The molecule has 0 saturated heterocycles. The van der Waals surface area contributed by atoms with Gasteiger partial charge in [0.2, 0.25) is 0 Å². The minimum atomic E-state index is 0.650. The molecular formula is C17H24N2S. The molecule has 1 N–H and O–H groups in total. The summed E-state index contributed by atoms with van der Waals surface area (Å²) >= 11 is 1.78. The fourth-order valence-electron chi connectivity index (χ4n) is 3.30. The van der Waals surface area contributed by atoms with E-state index in [-0.39, 0.29) is 0 Å². The lowest BCUT2D eigenvalue weighted by Crippen LogP contribution is -2.27. The van der Waals surface area contributed by atoms with Gasteiger partial charge in [0.1, 0.15) is 0 Å². The van der Waals surface area contributed by atoms with Crippen molar-refractivity contribution in [1.82, 2.24) is 4.98 Å². The average Bonchev–Trinajstić information content (AvgIpc) is 2.78. The molecule has 0 amide bonds. The molecule has 1 aromatic carbocycles. The van der Waals surface area contributed by atoms with Crippen LogP contribution in [0, 0.1) is 18.8 Å². The second-order valence-electron chi connectivity index (χ2n) is 6.42. The van der Waals surface area contributed by atoms with Crippen LogP contribution in [0.15, 0.2) is 18.2 Å². The van der Waals surface area contributed by atoms with Crippen molar-refractivity contribution in [3.05, 3.63) is 23.2 Å². The molecule has 1 saturated carbocycles. The van der Waals surface area contributed by atoms with Crippen LogP contribution in [0.5, 0.6) is 0 Å². The molecule has 2 aromatic rings. The molecule has 1 aliphatic carbocycles. The van der Waals surface area contributed by atoms with Gasteiger partial charge >= 0.3 is 0 Å². The molecule has 20 heavy (non-hydrogen) atoms. The Kier molecular flexibility index (Phi) is 3.97. The lowest BCUT2D eigenvalue weighted by molar-refractivity contribution is 0.267. The van der Waals surface area contributed by atoms with E-state index in [1.165, 1.54) is 36.1 Å². The third kappa shape index (κ3) is 2.98. The smallest absolute Gasteiger partial charge is 0.0907 e. The Morgan fingerprint density at radius 3 is 2.65 bits per heavy atom. The molecule has 3 rings (SSSR count). The number of hydrogen-bond donors (Lipinski definition) is 1. The maximum absolute atomic E-state index is 4.52. The molecular weight excluding hydrogens is 264 g/mol. The van der Waals surface area contributed by atoms with Crippen LogP contribution in [0.4, 0.5) is 5.69 Å². The Labute approximate surface area is 125 Å². The Bertz CT molecular complexity index is 580. The van der Waals surface area contributed by atoms with Crippen LogP contribution in [0.1, 0.15) is 44.5 Å². The lowest BCUT2D eigenvalue weighted by atomic mass is 9.79. The van der Waals surface area contributed by atoms with Gasteiger partial charge in [-0.05, 0) is 62.6 Å². The van der Waals surface area contributed by atoms with Gasteiger partial charge in [-0.1, -0.05) is 13.8 Å². The van der Waals surface area contributed by atoms with Crippen LogP contribution < -0.4 is 5.32 Å². The molecule has 1 aliphatic rings. The summed E-state index contributed by atoms with van der Waals surface area (Å²) in [6, 6.07) is 7.22. The molecule has 0 bridgehead atoms. The maximum atomic E-state index is 4.52. The number of benzene rings is 1. The summed E-state index contributed by atoms with van der Waals surface area (Å²) in [4.78, 5) is 4.52. The molecule has 0 spiro atoms. The fourth-order valence-corrected chi connectivity index (χ4v) is 4.16. The van der Waals surface area contributed by atoms with Crippen LogP contribution in [0.3, 0.4) is 0 Å². The van der Waals surface area contributed by atoms with Crippen molar-refractivity contribution in [2.75, 3.05) is 5.32 Å². The summed E-state index contributed by atoms with van der Waals surface area (Å²) in [5, 5.41) is 4.87. The molecule has 1 heterocycles. The zero-order valence-electron chi connectivity index (χ0n) is 12.6. The van der Waals surface area contributed by atoms with Crippen molar-refractivity contribution in [3.8, 4) is 0 Å². The van der Waals surface area contributed by atoms with Gasteiger partial charge in [0.05, 0.1) is 15.2 Å². The van der Waals surface area contributed by atoms with Gasteiger partial charge in [-0.2, -0.15) is 0 Å². The van der Waals surface area contributed by atoms with Crippen molar-refractivity contribution < 1.29 is 0 Å². The van der Waals surface area contributed by atoms with Gasteiger partial charge in [0, 0.05) is 11.7 Å². The number of hydrogen-bond acceptors (Lipinski definition) is 3. The Hall–Kier alpha value is -1.09. The van der Waals surface area contributed by atoms with Gasteiger partial charge in [0.15, 0.2) is 0 Å². The number of rotatable bonds is 3. The third-order valence-corrected chi connectivity index (χ3v) is 5.51. The number of thiazole rings is 1. The van der Waals surface area contributed by atoms with E-state index in [9.17, 15) is 0 Å². The van der Waals surface area contributed by atoms with Gasteiger partial charge in [0.25, 0.3) is 0 Å².